The van der Waals surface area contributed by atoms with E-state index in [0.717, 1.165) is 12.1 Å². The molecular weight excluding hydrogens is 402 g/mol. The van der Waals surface area contributed by atoms with Gasteiger partial charge in [-0.15, -0.1) is 5.10 Å². The summed E-state index contributed by atoms with van der Waals surface area (Å²) in [7, 11) is 0. The van der Waals surface area contributed by atoms with Crippen molar-refractivity contribution in [1.82, 2.24) is 25.0 Å². The molecule has 4 rings (SSSR count). The number of ketones is 1. The Labute approximate surface area is 167 Å². The zero-order chi connectivity index (χ0) is 21.3. The molecule has 1 atom stereocenters. The molecule has 6 nitrogen and oxygen atoms in total. The second-order valence-corrected chi connectivity index (χ2v) is 6.57. The maximum Gasteiger partial charge on any atom is 0.416 e. The van der Waals surface area contributed by atoms with Crippen molar-refractivity contribution in [2.75, 3.05) is 0 Å². The third-order valence-corrected chi connectivity index (χ3v) is 4.66. The van der Waals surface area contributed by atoms with Gasteiger partial charge in [-0.3, -0.25) is 9.78 Å². The summed E-state index contributed by atoms with van der Waals surface area (Å²) in [5.41, 5.74) is 0.221. The predicted molar refractivity (Wildman–Crippen MR) is 97.2 cm³/mol. The molecule has 4 aromatic rings. The van der Waals surface area contributed by atoms with Gasteiger partial charge < -0.3 is 0 Å². The first-order chi connectivity index (χ1) is 14.3. The molecule has 0 fully saturated rings. The zero-order valence-corrected chi connectivity index (χ0v) is 15.2. The SMILES string of the molecule is O=C(C[C@@H](c1ccc(C(F)(F)F)cc1)c1ncccc1F)c1ccc2nnnn2c1. The normalized spacial score (nSPS) is 12.8. The number of fused-ring (bicyclic) bond motifs is 1. The molecule has 0 N–H and O–H groups in total. The highest BCUT2D eigenvalue weighted by Crippen LogP contribution is 2.33. The van der Waals surface area contributed by atoms with Crippen molar-refractivity contribution in [3.8, 4) is 0 Å². The van der Waals surface area contributed by atoms with Crippen molar-refractivity contribution in [3.05, 3.63) is 89.1 Å². The van der Waals surface area contributed by atoms with Crippen LogP contribution in [-0.4, -0.2) is 30.8 Å². The van der Waals surface area contributed by atoms with Crippen LogP contribution in [0.2, 0.25) is 0 Å². The van der Waals surface area contributed by atoms with E-state index >= 15 is 0 Å². The van der Waals surface area contributed by atoms with Gasteiger partial charge in [-0.1, -0.05) is 12.1 Å². The lowest BCUT2D eigenvalue weighted by Crippen LogP contribution is -2.13. The molecule has 0 bridgehead atoms. The predicted octanol–water partition coefficient (Wildman–Crippen LogP) is 4.08. The van der Waals surface area contributed by atoms with Gasteiger partial charge in [-0.25, -0.2) is 4.39 Å². The Kier molecular flexibility index (Phi) is 4.98. The van der Waals surface area contributed by atoms with E-state index in [0.29, 0.717) is 11.2 Å². The molecule has 0 unspecified atom stereocenters. The van der Waals surface area contributed by atoms with Crippen molar-refractivity contribution in [3.63, 3.8) is 0 Å². The summed E-state index contributed by atoms with van der Waals surface area (Å²) in [6, 6.07) is 9.96. The highest BCUT2D eigenvalue weighted by molar-refractivity contribution is 5.96. The minimum atomic E-state index is -4.50. The Morgan fingerprint density at radius 3 is 2.53 bits per heavy atom. The molecule has 0 radical (unpaired) electrons. The molecular formula is C20H13F4N5O. The van der Waals surface area contributed by atoms with E-state index in [2.05, 4.69) is 20.5 Å². The van der Waals surface area contributed by atoms with Gasteiger partial charge in [0.2, 0.25) is 0 Å². The van der Waals surface area contributed by atoms with Gasteiger partial charge in [-0.05, 0) is 52.4 Å². The summed E-state index contributed by atoms with van der Waals surface area (Å²) >= 11 is 0. The topological polar surface area (TPSA) is 73.0 Å². The van der Waals surface area contributed by atoms with Crippen molar-refractivity contribution in [2.24, 2.45) is 0 Å². The number of alkyl halides is 3. The number of carbonyl (C=O) groups excluding carboxylic acids is 1. The lowest BCUT2D eigenvalue weighted by atomic mass is 9.88. The summed E-state index contributed by atoms with van der Waals surface area (Å²) in [5, 5.41) is 11.0. The maximum atomic E-state index is 14.4. The molecule has 0 aliphatic heterocycles. The summed E-state index contributed by atoms with van der Waals surface area (Å²) in [6.45, 7) is 0. The third kappa shape index (κ3) is 3.88. The van der Waals surface area contributed by atoms with E-state index in [4.69, 9.17) is 0 Å². The number of hydrogen-bond donors (Lipinski definition) is 0. The standard InChI is InChI=1S/C20H13F4N5O/c21-16-2-1-9-25-19(16)15(12-3-6-14(7-4-12)20(22,23)24)10-17(30)13-5-8-18-26-27-28-29(18)11-13/h1-9,11,15H,10H2/t15-/m0/s1. The van der Waals surface area contributed by atoms with E-state index in [-0.39, 0.29) is 23.5 Å². The highest BCUT2D eigenvalue weighted by Gasteiger charge is 2.31. The Morgan fingerprint density at radius 1 is 1.07 bits per heavy atom. The maximum absolute atomic E-state index is 14.4. The lowest BCUT2D eigenvalue weighted by molar-refractivity contribution is -0.137. The molecule has 0 aliphatic carbocycles. The molecule has 30 heavy (non-hydrogen) atoms. The van der Waals surface area contributed by atoms with Crippen LogP contribution in [0.4, 0.5) is 17.6 Å². The summed E-state index contributed by atoms with van der Waals surface area (Å²) < 4.78 is 54.4. The minimum Gasteiger partial charge on any atom is -0.294 e. The number of halogens is 4. The lowest BCUT2D eigenvalue weighted by Gasteiger charge is -2.18. The Hall–Kier alpha value is -3.69. The van der Waals surface area contributed by atoms with Gasteiger partial charge in [0.1, 0.15) is 5.82 Å². The van der Waals surface area contributed by atoms with Gasteiger partial charge in [-0.2, -0.15) is 17.7 Å². The van der Waals surface area contributed by atoms with Crippen LogP contribution in [0.25, 0.3) is 5.65 Å². The van der Waals surface area contributed by atoms with Crippen LogP contribution >= 0.6 is 0 Å². The third-order valence-electron chi connectivity index (χ3n) is 4.66. The second-order valence-electron chi connectivity index (χ2n) is 6.57. The minimum absolute atomic E-state index is 0.0193. The average molecular weight is 415 g/mol. The highest BCUT2D eigenvalue weighted by atomic mass is 19.4. The van der Waals surface area contributed by atoms with Crippen molar-refractivity contribution in [1.29, 1.82) is 0 Å². The number of benzene rings is 1. The molecule has 3 heterocycles. The van der Waals surface area contributed by atoms with E-state index in [1.165, 1.54) is 47.2 Å². The molecule has 10 heteroatoms. The van der Waals surface area contributed by atoms with Crippen LogP contribution in [0.3, 0.4) is 0 Å². The fourth-order valence-electron chi connectivity index (χ4n) is 3.14. The van der Waals surface area contributed by atoms with E-state index in [1.54, 1.807) is 6.07 Å². The number of hydrogen-bond acceptors (Lipinski definition) is 5. The van der Waals surface area contributed by atoms with Gasteiger partial charge in [0.05, 0.1) is 11.3 Å². The Balaban J connectivity index is 1.70. The van der Waals surface area contributed by atoms with Gasteiger partial charge in [0.25, 0.3) is 0 Å². The molecule has 0 saturated carbocycles. The number of rotatable bonds is 5. The molecule has 0 amide bonds. The number of aromatic nitrogens is 5. The number of carbonyl (C=O) groups is 1. The zero-order valence-electron chi connectivity index (χ0n) is 15.2. The number of tetrazole rings is 1. The van der Waals surface area contributed by atoms with Crippen LogP contribution in [0, 0.1) is 5.82 Å². The van der Waals surface area contributed by atoms with Crippen LogP contribution in [0.15, 0.2) is 60.9 Å². The van der Waals surface area contributed by atoms with Crippen LogP contribution in [0.1, 0.15) is 39.5 Å². The fraction of sp³-hybridized carbons (Fsp3) is 0.150. The molecule has 3 aromatic heterocycles. The first kappa shape index (κ1) is 19.6. The van der Waals surface area contributed by atoms with E-state index < -0.39 is 23.5 Å². The molecule has 0 spiro atoms. The molecule has 0 saturated heterocycles. The van der Waals surface area contributed by atoms with E-state index in [9.17, 15) is 22.4 Å². The Morgan fingerprint density at radius 2 is 1.83 bits per heavy atom. The summed E-state index contributed by atoms with van der Waals surface area (Å²) in [5.74, 6) is -1.88. The molecule has 0 aliphatic rings. The second kappa shape index (κ2) is 7.62. The molecule has 1 aromatic carbocycles. The average Bonchev–Trinajstić information content (AvgIpc) is 3.20. The van der Waals surface area contributed by atoms with E-state index in [1.807, 2.05) is 0 Å². The summed E-state index contributed by atoms with van der Waals surface area (Å²) in [4.78, 5) is 16.9. The van der Waals surface area contributed by atoms with Crippen molar-refractivity contribution < 1.29 is 22.4 Å². The van der Waals surface area contributed by atoms with Gasteiger partial charge >= 0.3 is 6.18 Å². The quantitative estimate of drug-likeness (QED) is 0.363. The number of nitrogens with zero attached hydrogens (tertiary/aromatic N) is 5. The van der Waals surface area contributed by atoms with Crippen molar-refractivity contribution >= 4 is 11.4 Å². The number of pyridine rings is 2. The van der Waals surface area contributed by atoms with Crippen molar-refractivity contribution in [2.45, 2.75) is 18.5 Å². The summed E-state index contributed by atoms with van der Waals surface area (Å²) in [6.07, 6.45) is -1.89. The van der Waals surface area contributed by atoms with Crippen LogP contribution < -0.4 is 0 Å². The van der Waals surface area contributed by atoms with Gasteiger partial charge in [0.15, 0.2) is 11.4 Å². The fourth-order valence-corrected chi connectivity index (χ4v) is 3.14. The number of Topliss-reactive ketones (excluding diaryl/α,β-unsaturated/α-hetero) is 1. The smallest absolute Gasteiger partial charge is 0.294 e. The first-order valence-corrected chi connectivity index (χ1v) is 8.81. The van der Waals surface area contributed by atoms with Crippen LogP contribution in [-0.2, 0) is 6.18 Å². The first-order valence-electron chi connectivity index (χ1n) is 8.81. The molecule has 152 valence electrons. The monoisotopic (exact) mass is 415 g/mol. The van der Waals surface area contributed by atoms with Gasteiger partial charge in [0, 0.05) is 30.3 Å². The van der Waals surface area contributed by atoms with Crippen LogP contribution in [0.5, 0.6) is 0 Å². The largest absolute Gasteiger partial charge is 0.416 e. The Bertz CT molecular complexity index is 1200.